The van der Waals surface area contributed by atoms with Crippen molar-refractivity contribution in [3.8, 4) is 0 Å². The Morgan fingerprint density at radius 1 is 1.07 bits per heavy atom. The molecule has 1 amide bonds. The first-order chi connectivity index (χ1) is 13.9. The van der Waals surface area contributed by atoms with E-state index in [1.54, 1.807) is 49.4 Å². The van der Waals surface area contributed by atoms with Gasteiger partial charge in [-0.1, -0.05) is 58.7 Å². The first-order valence-electron chi connectivity index (χ1n) is 8.93. The lowest BCUT2D eigenvalue weighted by Gasteiger charge is -2.22. The van der Waals surface area contributed by atoms with E-state index in [-0.39, 0.29) is 17.2 Å². The number of carbonyl (C=O) groups excluding carboxylic acids is 2. The van der Waals surface area contributed by atoms with E-state index in [9.17, 15) is 14.7 Å². The number of halogens is 1. The first-order valence-corrected chi connectivity index (χ1v) is 9.31. The summed E-state index contributed by atoms with van der Waals surface area (Å²) in [4.78, 5) is 27.1. The molecule has 0 spiro atoms. The number of nitrogens with zero attached hydrogens (tertiary/aromatic N) is 2. The Morgan fingerprint density at radius 2 is 1.72 bits per heavy atom. The molecule has 1 N–H and O–H groups in total. The maximum absolute atomic E-state index is 12.9. The smallest absolute Gasteiger partial charge is 0.301 e. The van der Waals surface area contributed by atoms with Gasteiger partial charge in [-0.3, -0.25) is 14.5 Å². The van der Waals surface area contributed by atoms with Crippen LogP contribution in [0.1, 0.15) is 28.5 Å². The highest BCUT2D eigenvalue weighted by Gasteiger charge is 2.48. The molecule has 1 saturated heterocycles. The number of aromatic nitrogens is 1. The molecular formula is C22H17ClN2O4. The van der Waals surface area contributed by atoms with Gasteiger partial charge in [-0.15, -0.1) is 0 Å². The molecule has 1 atom stereocenters. The highest BCUT2D eigenvalue weighted by Crippen LogP contribution is 2.42. The van der Waals surface area contributed by atoms with Crippen LogP contribution >= 0.6 is 11.6 Å². The third-order valence-corrected chi connectivity index (χ3v) is 5.07. The van der Waals surface area contributed by atoms with Crippen molar-refractivity contribution in [3.63, 3.8) is 0 Å². The Bertz CT molecular complexity index is 1130. The van der Waals surface area contributed by atoms with Gasteiger partial charge in [0.25, 0.3) is 5.78 Å². The molecule has 1 aliphatic rings. The largest absolute Gasteiger partial charge is 0.507 e. The number of Topliss-reactive ketones (excluding diaryl/α,β-unsaturated/α-hetero) is 1. The highest BCUT2D eigenvalue weighted by atomic mass is 35.5. The number of rotatable bonds is 3. The standard InChI is InChI=1S/C22H17ClN2O4/c1-12-3-5-15(6-4-12)20(26)18-19(14-7-9-16(23)10-8-14)25(22(28)21(18)27)17-11-13(2)29-24-17/h3-11,19,26H,1-2H3/b20-18+/t19-/m0/s1. The van der Waals surface area contributed by atoms with E-state index in [1.165, 1.54) is 4.90 Å². The van der Waals surface area contributed by atoms with E-state index in [0.29, 0.717) is 21.9 Å². The molecule has 0 unspecified atom stereocenters. The summed E-state index contributed by atoms with van der Waals surface area (Å²) in [6.45, 7) is 3.61. The molecule has 6 nitrogen and oxygen atoms in total. The van der Waals surface area contributed by atoms with Gasteiger partial charge in [0, 0.05) is 16.7 Å². The van der Waals surface area contributed by atoms with Crippen LogP contribution in [0, 0.1) is 13.8 Å². The fourth-order valence-electron chi connectivity index (χ4n) is 3.36. The Kier molecular flexibility index (Phi) is 4.72. The Balaban J connectivity index is 1.93. The predicted octanol–water partition coefficient (Wildman–Crippen LogP) is 4.57. The van der Waals surface area contributed by atoms with E-state index in [0.717, 1.165) is 5.56 Å². The summed E-state index contributed by atoms with van der Waals surface area (Å²) in [5.41, 5.74) is 2.06. The number of aliphatic hydroxyl groups excluding tert-OH is 1. The van der Waals surface area contributed by atoms with E-state index in [1.807, 2.05) is 19.1 Å². The van der Waals surface area contributed by atoms with Crippen LogP contribution < -0.4 is 4.90 Å². The van der Waals surface area contributed by atoms with E-state index >= 15 is 0 Å². The fourth-order valence-corrected chi connectivity index (χ4v) is 3.49. The maximum Gasteiger partial charge on any atom is 0.301 e. The summed E-state index contributed by atoms with van der Waals surface area (Å²) in [7, 11) is 0. The summed E-state index contributed by atoms with van der Waals surface area (Å²) in [6.07, 6.45) is 0. The molecule has 0 bridgehead atoms. The molecule has 0 saturated carbocycles. The van der Waals surface area contributed by atoms with Crippen molar-refractivity contribution >= 4 is 34.9 Å². The summed E-state index contributed by atoms with van der Waals surface area (Å²) in [5, 5.41) is 15.4. The van der Waals surface area contributed by atoms with Crippen molar-refractivity contribution in [1.82, 2.24) is 5.16 Å². The average molecular weight is 409 g/mol. The molecular weight excluding hydrogens is 392 g/mol. The lowest BCUT2D eigenvalue weighted by atomic mass is 9.95. The van der Waals surface area contributed by atoms with Gasteiger partial charge >= 0.3 is 5.91 Å². The van der Waals surface area contributed by atoms with Crippen molar-refractivity contribution in [1.29, 1.82) is 0 Å². The Labute approximate surface area is 172 Å². The molecule has 7 heteroatoms. The average Bonchev–Trinajstić information content (AvgIpc) is 3.24. The highest BCUT2D eigenvalue weighted by molar-refractivity contribution is 6.51. The van der Waals surface area contributed by atoms with Crippen molar-refractivity contribution in [2.75, 3.05) is 4.90 Å². The SMILES string of the molecule is Cc1ccc(/C(O)=C2\C(=O)C(=O)N(c3cc(C)on3)[C@H]2c2ccc(Cl)cc2)cc1. The molecule has 146 valence electrons. The van der Waals surface area contributed by atoms with Crippen LogP contribution in [0.5, 0.6) is 0 Å². The van der Waals surface area contributed by atoms with Crippen LogP contribution in [0.25, 0.3) is 5.76 Å². The van der Waals surface area contributed by atoms with Crippen molar-refractivity contribution in [3.05, 3.63) is 87.6 Å². The van der Waals surface area contributed by atoms with Gasteiger partial charge in [-0.25, -0.2) is 0 Å². The minimum atomic E-state index is -0.863. The molecule has 4 rings (SSSR count). The van der Waals surface area contributed by atoms with Crippen molar-refractivity contribution < 1.29 is 19.2 Å². The van der Waals surface area contributed by atoms with Gasteiger partial charge in [0.15, 0.2) is 5.82 Å². The van der Waals surface area contributed by atoms with Gasteiger partial charge in [0.1, 0.15) is 11.5 Å². The second-order valence-corrected chi connectivity index (χ2v) is 7.32. The van der Waals surface area contributed by atoms with Crippen LogP contribution in [0.3, 0.4) is 0 Å². The van der Waals surface area contributed by atoms with Crippen molar-refractivity contribution in [2.45, 2.75) is 19.9 Å². The summed E-state index contributed by atoms with van der Waals surface area (Å²) in [5.74, 6) is -1.12. The normalized spacial score (nSPS) is 18.4. The second kappa shape index (κ2) is 7.22. The molecule has 2 heterocycles. The molecule has 1 fully saturated rings. The van der Waals surface area contributed by atoms with Gasteiger partial charge < -0.3 is 9.63 Å². The van der Waals surface area contributed by atoms with Crippen molar-refractivity contribution in [2.24, 2.45) is 0 Å². The van der Waals surface area contributed by atoms with E-state index in [4.69, 9.17) is 16.1 Å². The van der Waals surface area contributed by atoms with Gasteiger partial charge in [0.2, 0.25) is 0 Å². The Morgan fingerprint density at radius 3 is 2.31 bits per heavy atom. The molecule has 1 aliphatic heterocycles. The van der Waals surface area contributed by atoms with Crippen LogP contribution in [-0.4, -0.2) is 22.0 Å². The van der Waals surface area contributed by atoms with Crippen LogP contribution in [-0.2, 0) is 9.59 Å². The van der Waals surface area contributed by atoms with Crippen LogP contribution in [0.4, 0.5) is 5.82 Å². The van der Waals surface area contributed by atoms with E-state index in [2.05, 4.69) is 5.16 Å². The van der Waals surface area contributed by atoms with Gasteiger partial charge in [0.05, 0.1) is 11.6 Å². The van der Waals surface area contributed by atoms with Gasteiger partial charge in [-0.05, 0) is 31.5 Å². The number of hydrogen-bond donors (Lipinski definition) is 1. The predicted molar refractivity (Wildman–Crippen MR) is 109 cm³/mol. The zero-order valence-electron chi connectivity index (χ0n) is 15.7. The van der Waals surface area contributed by atoms with E-state index < -0.39 is 17.7 Å². The number of aliphatic hydroxyl groups is 1. The Hall–Kier alpha value is -3.38. The first kappa shape index (κ1) is 19.0. The minimum Gasteiger partial charge on any atom is -0.507 e. The van der Waals surface area contributed by atoms with Crippen LogP contribution in [0.2, 0.25) is 5.02 Å². The molecule has 0 radical (unpaired) electrons. The molecule has 1 aromatic heterocycles. The topological polar surface area (TPSA) is 83.6 Å². The summed E-state index contributed by atoms with van der Waals surface area (Å²) >= 11 is 6.01. The number of aryl methyl sites for hydroxylation is 2. The number of carbonyl (C=O) groups is 2. The number of ketones is 1. The third-order valence-electron chi connectivity index (χ3n) is 4.82. The van der Waals surface area contributed by atoms with Crippen LogP contribution in [0.15, 0.2) is 64.7 Å². The minimum absolute atomic E-state index is 0.0122. The lowest BCUT2D eigenvalue weighted by molar-refractivity contribution is -0.132. The molecule has 0 aliphatic carbocycles. The summed E-state index contributed by atoms with van der Waals surface area (Å²) in [6, 6.07) is 14.5. The fraction of sp³-hybridized carbons (Fsp3) is 0.136. The molecule has 2 aromatic carbocycles. The molecule has 3 aromatic rings. The summed E-state index contributed by atoms with van der Waals surface area (Å²) < 4.78 is 5.10. The maximum atomic E-state index is 12.9. The quantitative estimate of drug-likeness (QED) is 0.390. The van der Waals surface area contributed by atoms with Gasteiger partial charge in [-0.2, -0.15) is 0 Å². The third kappa shape index (κ3) is 3.32. The number of benzene rings is 2. The monoisotopic (exact) mass is 408 g/mol. The lowest BCUT2D eigenvalue weighted by Crippen LogP contribution is -2.29. The number of amides is 1. The molecule has 29 heavy (non-hydrogen) atoms. The number of hydrogen-bond acceptors (Lipinski definition) is 5. The zero-order valence-corrected chi connectivity index (χ0v) is 16.5. The second-order valence-electron chi connectivity index (χ2n) is 6.88. The number of anilines is 1. The zero-order chi connectivity index (χ0) is 20.7.